The molecule has 0 saturated carbocycles. The molecule has 0 atom stereocenters. The Hall–Kier alpha value is -2.90. The van der Waals surface area contributed by atoms with Gasteiger partial charge in [-0.3, -0.25) is 9.59 Å². The Balaban J connectivity index is 1.76. The summed E-state index contributed by atoms with van der Waals surface area (Å²) in [5.41, 5.74) is 1.08. The minimum absolute atomic E-state index is 0.0463. The van der Waals surface area contributed by atoms with Crippen molar-refractivity contribution in [3.63, 3.8) is 0 Å². The van der Waals surface area contributed by atoms with Crippen molar-refractivity contribution in [3.8, 4) is 5.75 Å². The second-order valence-electron chi connectivity index (χ2n) is 4.93. The molecule has 2 rings (SSSR count). The molecule has 2 aromatic rings. The van der Waals surface area contributed by atoms with Crippen LogP contribution in [-0.2, 0) is 22.6 Å². The molecule has 0 saturated heterocycles. The van der Waals surface area contributed by atoms with Crippen molar-refractivity contribution in [1.82, 2.24) is 20.3 Å². The molecule has 2 amide bonds. The van der Waals surface area contributed by atoms with E-state index in [1.807, 2.05) is 24.3 Å². The Morgan fingerprint density at radius 1 is 1.35 bits per heavy atom. The van der Waals surface area contributed by atoms with Crippen molar-refractivity contribution in [2.45, 2.75) is 19.9 Å². The van der Waals surface area contributed by atoms with Gasteiger partial charge in [0.15, 0.2) is 5.82 Å². The van der Waals surface area contributed by atoms with E-state index in [0.29, 0.717) is 18.8 Å². The van der Waals surface area contributed by atoms with Gasteiger partial charge in [-0.05, 0) is 24.1 Å². The Labute approximate surface area is 133 Å². The molecule has 1 heterocycles. The number of hydrogen-bond donors (Lipinski definition) is 2. The van der Waals surface area contributed by atoms with E-state index >= 15 is 0 Å². The van der Waals surface area contributed by atoms with Crippen molar-refractivity contribution < 1.29 is 14.3 Å². The largest absolute Gasteiger partial charge is 0.497 e. The zero-order valence-electron chi connectivity index (χ0n) is 13.1. The monoisotopic (exact) mass is 317 g/mol. The van der Waals surface area contributed by atoms with E-state index in [0.717, 1.165) is 11.3 Å². The molecule has 0 spiro atoms. The molecule has 0 aliphatic carbocycles. The van der Waals surface area contributed by atoms with Crippen LogP contribution in [0, 0.1) is 0 Å². The van der Waals surface area contributed by atoms with Crippen LogP contribution in [0.3, 0.4) is 0 Å². The molecule has 8 heteroatoms. The maximum absolute atomic E-state index is 11.8. The summed E-state index contributed by atoms with van der Waals surface area (Å²) in [5, 5.41) is 12.8. The van der Waals surface area contributed by atoms with Crippen LogP contribution in [0.4, 0.5) is 5.82 Å². The lowest BCUT2D eigenvalue weighted by molar-refractivity contribution is -0.121. The maximum Gasteiger partial charge on any atom is 0.241 e. The normalized spacial score (nSPS) is 10.2. The molecule has 0 bridgehead atoms. The Kier molecular flexibility index (Phi) is 5.67. The molecule has 0 radical (unpaired) electrons. The summed E-state index contributed by atoms with van der Waals surface area (Å²) in [6.07, 6.45) is 2.21. The van der Waals surface area contributed by atoms with Gasteiger partial charge >= 0.3 is 0 Å². The molecular formula is C15H19N5O3. The van der Waals surface area contributed by atoms with Gasteiger partial charge in [0.1, 0.15) is 12.3 Å². The Morgan fingerprint density at radius 3 is 2.91 bits per heavy atom. The molecule has 2 N–H and O–H groups in total. The number of amides is 2. The van der Waals surface area contributed by atoms with Crippen LogP contribution in [0.2, 0.25) is 0 Å². The summed E-state index contributed by atoms with van der Waals surface area (Å²) in [4.78, 5) is 22.7. The fraction of sp³-hybridized carbons (Fsp3) is 0.333. The highest BCUT2D eigenvalue weighted by Gasteiger charge is 2.06. The number of carbonyl (C=O) groups excluding carboxylic acids is 2. The van der Waals surface area contributed by atoms with Crippen LogP contribution >= 0.6 is 0 Å². The minimum Gasteiger partial charge on any atom is -0.497 e. The van der Waals surface area contributed by atoms with E-state index in [2.05, 4.69) is 20.9 Å². The lowest BCUT2D eigenvalue weighted by Crippen LogP contribution is -2.29. The summed E-state index contributed by atoms with van der Waals surface area (Å²) >= 11 is 0. The summed E-state index contributed by atoms with van der Waals surface area (Å²) in [6.45, 7) is 1.94. The molecule has 23 heavy (non-hydrogen) atoms. The quantitative estimate of drug-likeness (QED) is 0.779. The summed E-state index contributed by atoms with van der Waals surface area (Å²) in [5.74, 6) is 0.704. The van der Waals surface area contributed by atoms with Gasteiger partial charge in [-0.1, -0.05) is 17.3 Å². The van der Waals surface area contributed by atoms with Crippen molar-refractivity contribution >= 4 is 17.6 Å². The fourth-order valence-corrected chi connectivity index (χ4v) is 1.99. The van der Waals surface area contributed by atoms with Crippen molar-refractivity contribution in [2.24, 2.45) is 0 Å². The van der Waals surface area contributed by atoms with E-state index in [4.69, 9.17) is 4.74 Å². The third-order valence-electron chi connectivity index (χ3n) is 3.02. The van der Waals surface area contributed by atoms with Crippen LogP contribution < -0.4 is 15.4 Å². The topological polar surface area (TPSA) is 98.1 Å². The first-order chi connectivity index (χ1) is 11.1. The van der Waals surface area contributed by atoms with Gasteiger partial charge < -0.3 is 15.4 Å². The Morgan fingerprint density at radius 2 is 2.17 bits per heavy atom. The van der Waals surface area contributed by atoms with E-state index in [1.165, 1.54) is 17.8 Å². The average Bonchev–Trinajstić information content (AvgIpc) is 2.93. The van der Waals surface area contributed by atoms with E-state index in [-0.39, 0.29) is 18.4 Å². The molecule has 8 nitrogen and oxygen atoms in total. The van der Waals surface area contributed by atoms with E-state index in [1.54, 1.807) is 7.11 Å². The van der Waals surface area contributed by atoms with Crippen LogP contribution in [0.1, 0.15) is 12.5 Å². The summed E-state index contributed by atoms with van der Waals surface area (Å²) in [6, 6.07) is 7.70. The zero-order valence-corrected chi connectivity index (χ0v) is 13.1. The van der Waals surface area contributed by atoms with Gasteiger partial charge in [0, 0.05) is 13.5 Å². The summed E-state index contributed by atoms with van der Waals surface area (Å²) in [7, 11) is 1.62. The van der Waals surface area contributed by atoms with Gasteiger partial charge in [-0.15, -0.1) is 5.10 Å². The van der Waals surface area contributed by atoms with Gasteiger partial charge in [0.25, 0.3) is 0 Å². The first-order valence-corrected chi connectivity index (χ1v) is 7.14. The number of nitrogens with one attached hydrogen (secondary N) is 2. The second-order valence-corrected chi connectivity index (χ2v) is 4.93. The third kappa shape index (κ3) is 5.42. The number of carbonyl (C=O) groups is 2. The lowest BCUT2D eigenvalue weighted by atomic mass is 10.1. The van der Waals surface area contributed by atoms with Gasteiger partial charge in [-0.25, -0.2) is 4.68 Å². The summed E-state index contributed by atoms with van der Waals surface area (Å²) < 4.78 is 6.52. The number of hydrogen-bond acceptors (Lipinski definition) is 5. The molecule has 0 aliphatic rings. The molecule has 1 aromatic carbocycles. The second kappa shape index (κ2) is 7.92. The molecule has 0 aliphatic heterocycles. The van der Waals surface area contributed by atoms with Crippen LogP contribution in [0.5, 0.6) is 5.75 Å². The number of ether oxygens (including phenoxy) is 1. The highest BCUT2D eigenvalue weighted by Crippen LogP contribution is 2.12. The molecule has 122 valence electrons. The fourth-order valence-electron chi connectivity index (χ4n) is 1.99. The Bertz CT molecular complexity index is 683. The average molecular weight is 317 g/mol. The third-order valence-corrected chi connectivity index (χ3v) is 3.02. The first kappa shape index (κ1) is 16.5. The van der Waals surface area contributed by atoms with Gasteiger partial charge in [0.05, 0.1) is 13.3 Å². The highest BCUT2D eigenvalue weighted by molar-refractivity contribution is 5.87. The molecular weight excluding hydrogens is 298 g/mol. The van der Waals surface area contributed by atoms with E-state index in [9.17, 15) is 9.59 Å². The van der Waals surface area contributed by atoms with Crippen LogP contribution in [0.25, 0.3) is 0 Å². The zero-order chi connectivity index (χ0) is 16.7. The predicted octanol–water partition coefficient (Wildman–Crippen LogP) is 0.604. The number of rotatable bonds is 7. The van der Waals surface area contributed by atoms with Crippen LogP contribution in [-0.4, -0.2) is 40.5 Å². The lowest BCUT2D eigenvalue weighted by Gasteiger charge is -2.06. The van der Waals surface area contributed by atoms with Crippen molar-refractivity contribution in [1.29, 1.82) is 0 Å². The van der Waals surface area contributed by atoms with Crippen molar-refractivity contribution in [3.05, 3.63) is 36.0 Å². The molecule has 1 aromatic heterocycles. The molecule has 0 unspecified atom stereocenters. The van der Waals surface area contributed by atoms with Gasteiger partial charge in [0.2, 0.25) is 11.8 Å². The number of benzene rings is 1. The van der Waals surface area contributed by atoms with Gasteiger partial charge in [-0.2, -0.15) is 0 Å². The molecule has 0 fully saturated rings. The first-order valence-electron chi connectivity index (χ1n) is 7.14. The number of methoxy groups -OCH3 is 1. The predicted molar refractivity (Wildman–Crippen MR) is 84.0 cm³/mol. The number of aromatic nitrogens is 3. The minimum atomic E-state index is -0.236. The smallest absolute Gasteiger partial charge is 0.241 e. The van der Waals surface area contributed by atoms with E-state index < -0.39 is 0 Å². The van der Waals surface area contributed by atoms with Crippen molar-refractivity contribution in [2.75, 3.05) is 19.0 Å². The van der Waals surface area contributed by atoms with Crippen LogP contribution in [0.15, 0.2) is 30.5 Å². The maximum atomic E-state index is 11.8. The number of anilines is 1. The SMILES string of the molecule is COc1cccc(CCNC(=O)Cn2cc(NC(C)=O)nn2)c1. The standard InChI is InChI=1S/C15H19N5O3/c1-11(21)17-14-9-20(19-18-14)10-15(22)16-7-6-12-4-3-5-13(8-12)23-2/h3-5,8-9H,6-7,10H2,1-2H3,(H,16,22)(H,17,21). The number of nitrogens with zero attached hydrogens (tertiary/aromatic N) is 3. The highest BCUT2D eigenvalue weighted by atomic mass is 16.5.